The van der Waals surface area contributed by atoms with Crippen LogP contribution in [0.5, 0.6) is 0 Å². The fourth-order valence-corrected chi connectivity index (χ4v) is 9.49. The van der Waals surface area contributed by atoms with Gasteiger partial charge in [0, 0.05) is 0 Å². The van der Waals surface area contributed by atoms with Gasteiger partial charge in [-0.25, -0.2) is 0 Å². The summed E-state index contributed by atoms with van der Waals surface area (Å²) in [6, 6.07) is 8.74. The Morgan fingerprint density at radius 3 is 2.59 bits per heavy atom. The molecule has 1 aromatic carbocycles. The Morgan fingerprint density at radius 1 is 1.18 bits per heavy atom. The number of aliphatic hydroxyl groups is 1. The van der Waals surface area contributed by atoms with E-state index in [9.17, 15) is 25.0 Å². The first-order chi connectivity index (χ1) is 15.8. The Hall–Kier alpha value is -1.04. The number of hydrogen-bond acceptors (Lipinski definition) is 12. The Labute approximate surface area is 203 Å². The number of rotatable bonds is 9. The molecule has 14 nitrogen and oxygen atoms in total. The molecule has 2 fully saturated rings. The first-order valence-corrected chi connectivity index (χ1v) is 17.0. The summed E-state index contributed by atoms with van der Waals surface area (Å²) in [5, 5.41) is 10.5. The molecule has 5 atom stereocenters. The molecule has 4 N–H and O–H groups in total. The van der Waals surface area contributed by atoms with Crippen molar-refractivity contribution in [1.29, 1.82) is 0 Å². The Balaban J connectivity index is 1.48. The van der Waals surface area contributed by atoms with Crippen molar-refractivity contribution in [2.75, 3.05) is 6.61 Å². The van der Waals surface area contributed by atoms with Crippen molar-refractivity contribution < 1.29 is 76.4 Å². The quantitative estimate of drug-likeness (QED) is 0.141. The molecule has 0 aliphatic carbocycles. The molecule has 3 unspecified atom stereocenters. The van der Waals surface area contributed by atoms with Gasteiger partial charge in [0.25, 0.3) is 0 Å². The minimum absolute atomic E-state index is 0.0804. The third kappa shape index (κ3) is 5.68. The van der Waals surface area contributed by atoms with Crippen LogP contribution in [-0.4, -0.2) is 49.2 Å². The summed E-state index contributed by atoms with van der Waals surface area (Å²) in [4.78, 5) is 25.3. The zero-order chi connectivity index (χ0) is 24.9. The standard InChI is InChI=1S/C18H22I2N2O12/c1-11-3-2-4-12(9-11)5-7-21-13(23)6-8-22(17(21)25)16-14(24)15-18(32-15,33-16)10-31-20(29,30)34-19(26,27)28/h2-4,6,8-9,14-16,24,26-27,29H,5,7,10H2,1H3/t14?,15-,16-,18?/m1/s1. The molecule has 0 radical (unpaired) electrons. The number of benzene rings is 1. The second-order valence-corrected chi connectivity index (χ2v) is 15.5. The van der Waals surface area contributed by atoms with Crippen molar-refractivity contribution >= 4 is 0 Å². The molecule has 34 heavy (non-hydrogen) atoms. The van der Waals surface area contributed by atoms with Gasteiger partial charge in [0.2, 0.25) is 0 Å². The van der Waals surface area contributed by atoms with E-state index in [0.717, 1.165) is 32.5 Å². The van der Waals surface area contributed by atoms with Crippen LogP contribution in [0.3, 0.4) is 0 Å². The second kappa shape index (κ2) is 9.44. The van der Waals surface area contributed by atoms with Gasteiger partial charge < -0.3 is 0 Å². The fourth-order valence-electron chi connectivity index (χ4n) is 3.70. The van der Waals surface area contributed by atoms with E-state index in [1.54, 1.807) is 0 Å². The SMILES string of the molecule is Cc1cccc(CCn2c(=O)ccn([C@@H]3OC4(CO[I+]([O-])(O)O[I+]([O-])(O)O)O[C@@H]4C3O)c2=O)c1. The molecule has 4 rings (SSSR count). The molecular formula is C18H22I2N2O12. The van der Waals surface area contributed by atoms with Crippen molar-refractivity contribution in [2.45, 2.75) is 44.1 Å². The van der Waals surface area contributed by atoms with Crippen LogP contribution in [0.15, 0.2) is 46.1 Å². The summed E-state index contributed by atoms with van der Waals surface area (Å²) >= 11 is -11.9. The molecule has 2 aliphatic rings. The van der Waals surface area contributed by atoms with E-state index in [0.29, 0.717) is 6.42 Å². The number of halogens is 2. The van der Waals surface area contributed by atoms with Gasteiger partial charge in [0.15, 0.2) is 0 Å². The third-order valence-electron chi connectivity index (χ3n) is 5.24. The van der Waals surface area contributed by atoms with Gasteiger partial charge in [0.1, 0.15) is 0 Å². The van der Waals surface area contributed by atoms with Gasteiger partial charge in [-0.3, -0.25) is 0 Å². The van der Waals surface area contributed by atoms with Crippen molar-refractivity contribution in [2.24, 2.45) is 0 Å². The topological polar surface area (TPSA) is 211 Å². The van der Waals surface area contributed by atoms with Crippen molar-refractivity contribution in [3.8, 4) is 0 Å². The summed E-state index contributed by atoms with van der Waals surface area (Å²) in [6.45, 7) is 1.21. The molecule has 0 amide bonds. The molecule has 2 saturated heterocycles. The molecule has 0 bridgehead atoms. The number of aryl methyl sites for hydroxylation is 2. The van der Waals surface area contributed by atoms with Crippen LogP contribution >= 0.6 is 0 Å². The Bertz CT molecular complexity index is 1180. The number of epoxide rings is 1. The molecule has 0 saturated carbocycles. The zero-order valence-electron chi connectivity index (χ0n) is 17.5. The van der Waals surface area contributed by atoms with Gasteiger partial charge >= 0.3 is 180 Å². The van der Waals surface area contributed by atoms with E-state index < -0.39 is 82.3 Å². The summed E-state index contributed by atoms with van der Waals surface area (Å²) < 4.78 is 70.9. The predicted octanol–water partition coefficient (Wildman–Crippen LogP) is -10.1. The first-order valence-electron chi connectivity index (χ1n) is 9.72. The average Bonchev–Trinajstić information content (AvgIpc) is 3.37. The summed E-state index contributed by atoms with van der Waals surface area (Å²) in [5.74, 6) is -1.72. The molecule has 1 aromatic heterocycles. The average molecular weight is 712 g/mol. The van der Waals surface area contributed by atoms with E-state index in [-0.39, 0.29) is 6.54 Å². The Morgan fingerprint density at radius 2 is 1.91 bits per heavy atom. The van der Waals surface area contributed by atoms with Crippen LogP contribution in [0.25, 0.3) is 0 Å². The number of aliphatic hydroxyl groups excluding tert-OH is 1. The monoisotopic (exact) mass is 712 g/mol. The molecule has 2 aromatic rings. The summed E-state index contributed by atoms with van der Waals surface area (Å²) in [6.07, 6.45) is -2.19. The van der Waals surface area contributed by atoms with Crippen LogP contribution in [0.4, 0.5) is 0 Å². The second-order valence-electron chi connectivity index (χ2n) is 7.71. The maximum absolute atomic E-state index is 13.0. The number of nitrogens with zero attached hydrogens (tertiary/aromatic N) is 2. The molecule has 0 spiro atoms. The van der Waals surface area contributed by atoms with E-state index >= 15 is 0 Å². The van der Waals surface area contributed by atoms with E-state index in [1.165, 1.54) is 0 Å². The van der Waals surface area contributed by atoms with Gasteiger partial charge in [-0.1, -0.05) is 17.7 Å². The summed E-state index contributed by atoms with van der Waals surface area (Å²) in [5.41, 5.74) is 0.679. The molecular weight excluding hydrogens is 690 g/mol. The van der Waals surface area contributed by atoms with Gasteiger partial charge in [-0.05, 0) is 6.92 Å². The number of hydrogen-bond donors (Lipinski definition) is 4. The number of fused-ring (bicyclic) bond motifs is 1. The van der Waals surface area contributed by atoms with Crippen LogP contribution in [-0.2, 0) is 26.9 Å². The van der Waals surface area contributed by atoms with E-state index in [2.05, 4.69) is 4.46 Å². The molecule has 16 heteroatoms. The molecule has 3 heterocycles. The van der Waals surface area contributed by atoms with Crippen LogP contribution in [0.1, 0.15) is 17.4 Å². The van der Waals surface area contributed by atoms with Crippen molar-refractivity contribution in [3.63, 3.8) is 0 Å². The molecule has 2 aliphatic heterocycles. The number of aromatic nitrogens is 2. The van der Waals surface area contributed by atoms with Gasteiger partial charge in [0.05, 0.1) is 0 Å². The first kappa shape index (κ1) is 26.0. The van der Waals surface area contributed by atoms with E-state index in [4.69, 9.17) is 16.3 Å². The molecule has 190 valence electrons. The van der Waals surface area contributed by atoms with Crippen LogP contribution in [0.2, 0.25) is 0 Å². The predicted molar refractivity (Wildman–Crippen MR) is 97.3 cm³/mol. The number of ether oxygens (including phenoxy) is 2. The van der Waals surface area contributed by atoms with Gasteiger partial charge in [-0.15, -0.1) is 0 Å². The normalized spacial score (nSPS) is 29.3. The zero-order valence-corrected chi connectivity index (χ0v) is 21.8. The minimum atomic E-state index is -6.01. The van der Waals surface area contributed by atoms with Crippen LogP contribution < -0.4 is 58.3 Å². The fraction of sp³-hybridized carbons (Fsp3) is 0.444. The van der Waals surface area contributed by atoms with Gasteiger partial charge in [-0.2, -0.15) is 0 Å². The summed E-state index contributed by atoms with van der Waals surface area (Å²) in [7, 11) is 0. The van der Waals surface area contributed by atoms with E-state index in [1.807, 2.05) is 31.2 Å². The third-order valence-corrected chi connectivity index (χ3v) is 12.9. The van der Waals surface area contributed by atoms with Crippen molar-refractivity contribution in [1.82, 2.24) is 9.13 Å². The maximum atomic E-state index is 13.0. The van der Waals surface area contributed by atoms with Crippen molar-refractivity contribution in [3.05, 3.63) is 68.5 Å². The van der Waals surface area contributed by atoms with Crippen LogP contribution in [0, 0.1) is 6.92 Å². The Kier molecular flexibility index (Phi) is 7.23.